The third-order valence-corrected chi connectivity index (χ3v) is 3.38. The second kappa shape index (κ2) is 11.5. The van der Waals surface area contributed by atoms with E-state index in [1.54, 1.807) is 7.11 Å². The fourth-order valence-electron chi connectivity index (χ4n) is 2.48. The van der Waals surface area contributed by atoms with Crippen LogP contribution in [0.5, 0.6) is 0 Å². The highest BCUT2D eigenvalue weighted by Crippen LogP contribution is 2.40. The maximum atomic E-state index is 13.6. The van der Waals surface area contributed by atoms with Crippen LogP contribution in [0, 0.1) is 5.41 Å². The highest BCUT2D eigenvalue weighted by Gasteiger charge is 2.38. The highest BCUT2D eigenvalue weighted by molar-refractivity contribution is 6.11. The number of ether oxygens (including phenoxy) is 1. The Morgan fingerprint density at radius 2 is 1.75 bits per heavy atom. The first-order chi connectivity index (χ1) is 9.28. The first-order valence-electron chi connectivity index (χ1n) is 7.91. The largest absolute Gasteiger partial charge is 0.384 e. The molecule has 0 aromatic rings. The third-order valence-electron chi connectivity index (χ3n) is 3.38. The van der Waals surface area contributed by atoms with Crippen molar-refractivity contribution in [3.05, 3.63) is 0 Å². The monoisotopic (exact) mass is 290 g/mol. The summed E-state index contributed by atoms with van der Waals surface area (Å²) in [4.78, 5) is 0. The minimum absolute atomic E-state index is 0.0160. The fourth-order valence-corrected chi connectivity index (χ4v) is 2.48. The van der Waals surface area contributed by atoms with Crippen LogP contribution in [0.1, 0.15) is 73.1 Å². The average Bonchev–Trinajstić information content (AvgIpc) is 2.38. The fraction of sp³-hybridized carbons (Fsp3) is 1.00. The molecule has 1 nitrogen and oxygen atoms in total. The van der Waals surface area contributed by atoms with E-state index in [-0.39, 0.29) is 18.7 Å². The van der Waals surface area contributed by atoms with E-state index in [0.717, 1.165) is 19.3 Å². The van der Waals surface area contributed by atoms with Crippen molar-refractivity contribution in [3.63, 3.8) is 0 Å². The Balaban J connectivity index is 0. The van der Waals surface area contributed by atoms with E-state index >= 15 is 0 Å². The molecule has 0 fully saturated rings. The molecule has 0 amide bonds. The number of unbranched alkanes of at least 4 members (excludes halogenated alkanes) is 1. The minimum Gasteiger partial charge on any atom is -0.384 e. The van der Waals surface area contributed by atoms with Gasteiger partial charge in [-0.15, -0.1) is 0 Å². The van der Waals surface area contributed by atoms with Crippen LogP contribution < -0.4 is 0 Å². The smallest absolute Gasteiger partial charge is 0.248 e. The summed E-state index contributed by atoms with van der Waals surface area (Å²) in [7, 11) is 7.59. The van der Waals surface area contributed by atoms with Crippen LogP contribution in [-0.2, 0) is 4.74 Å². The predicted molar refractivity (Wildman–Crippen MR) is 84.8 cm³/mol. The van der Waals surface area contributed by atoms with Crippen LogP contribution in [0.4, 0.5) is 8.78 Å². The Morgan fingerprint density at radius 3 is 2.15 bits per heavy atom. The molecule has 0 saturated carbocycles. The van der Waals surface area contributed by atoms with Crippen molar-refractivity contribution in [1.82, 2.24) is 0 Å². The lowest BCUT2D eigenvalue weighted by atomic mass is 9.69. The summed E-state index contributed by atoms with van der Waals surface area (Å²) in [6.45, 7) is 9.81. The van der Waals surface area contributed by atoms with Crippen molar-refractivity contribution in [2.24, 2.45) is 5.41 Å². The first kappa shape index (κ1) is 22.2. The molecule has 0 heterocycles. The summed E-state index contributed by atoms with van der Waals surface area (Å²) >= 11 is 0. The summed E-state index contributed by atoms with van der Waals surface area (Å²) in [5.74, 6) is -2.64. The van der Waals surface area contributed by atoms with Gasteiger partial charge in [-0.3, -0.25) is 0 Å². The van der Waals surface area contributed by atoms with Gasteiger partial charge in [0.25, 0.3) is 0 Å². The summed E-state index contributed by atoms with van der Waals surface area (Å²) in [5.41, 5.74) is -0.540. The summed E-state index contributed by atoms with van der Waals surface area (Å²) < 4.78 is 32.3. The van der Waals surface area contributed by atoms with Gasteiger partial charge in [-0.25, -0.2) is 8.78 Å². The van der Waals surface area contributed by atoms with E-state index < -0.39 is 11.3 Å². The standard InChI is InChI=1S/C14H27BF2O.C2H6/c1-5-7-8-12(15)9-13(3,11-18-4)10-14(16,17)6-2;1-2/h12H,5-11H2,1-4H3;1-2H3. The van der Waals surface area contributed by atoms with Crippen molar-refractivity contribution in [1.29, 1.82) is 0 Å². The summed E-state index contributed by atoms with van der Waals surface area (Å²) in [6, 6.07) is 0. The Labute approximate surface area is 126 Å². The van der Waals surface area contributed by atoms with Crippen LogP contribution in [-0.4, -0.2) is 27.5 Å². The zero-order chi connectivity index (χ0) is 16.2. The molecular weight excluding hydrogens is 257 g/mol. The lowest BCUT2D eigenvalue weighted by molar-refractivity contribution is -0.0657. The van der Waals surface area contributed by atoms with Gasteiger partial charge in [-0.1, -0.05) is 66.1 Å². The van der Waals surface area contributed by atoms with Gasteiger partial charge >= 0.3 is 0 Å². The molecular formula is C16H33BF2O. The van der Waals surface area contributed by atoms with Gasteiger partial charge in [0, 0.05) is 20.0 Å². The number of rotatable bonds is 10. The maximum Gasteiger partial charge on any atom is 0.248 e. The van der Waals surface area contributed by atoms with Gasteiger partial charge in [0.15, 0.2) is 0 Å². The van der Waals surface area contributed by atoms with E-state index in [1.165, 1.54) is 6.92 Å². The van der Waals surface area contributed by atoms with Gasteiger partial charge < -0.3 is 4.74 Å². The van der Waals surface area contributed by atoms with Gasteiger partial charge in [0.2, 0.25) is 5.92 Å². The highest BCUT2D eigenvalue weighted by atomic mass is 19.3. The molecule has 20 heavy (non-hydrogen) atoms. The topological polar surface area (TPSA) is 9.23 Å². The van der Waals surface area contributed by atoms with E-state index in [1.807, 2.05) is 20.8 Å². The predicted octanol–water partition coefficient (Wildman–Crippen LogP) is 5.64. The second-order valence-corrected chi connectivity index (χ2v) is 5.74. The zero-order valence-corrected chi connectivity index (χ0v) is 14.3. The van der Waals surface area contributed by atoms with Crippen molar-refractivity contribution >= 4 is 7.85 Å². The second-order valence-electron chi connectivity index (χ2n) is 5.74. The van der Waals surface area contributed by atoms with Crippen LogP contribution >= 0.6 is 0 Å². The molecule has 0 aliphatic rings. The number of hydrogen-bond acceptors (Lipinski definition) is 1. The first-order valence-corrected chi connectivity index (χ1v) is 7.91. The molecule has 0 bridgehead atoms. The van der Waals surface area contributed by atoms with Crippen molar-refractivity contribution in [3.8, 4) is 0 Å². The lowest BCUT2D eigenvalue weighted by Gasteiger charge is -2.34. The van der Waals surface area contributed by atoms with Crippen molar-refractivity contribution in [2.45, 2.75) is 84.9 Å². The zero-order valence-electron chi connectivity index (χ0n) is 14.3. The molecule has 2 radical (unpaired) electrons. The van der Waals surface area contributed by atoms with E-state index in [0.29, 0.717) is 13.0 Å². The average molecular weight is 290 g/mol. The SMILES string of the molecule is CC.[B]C(CCCC)CC(C)(COC)CC(F)(F)CC. The summed E-state index contributed by atoms with van der Waals surface area (Å²) in [6.07, 6.45) is 3.35. The molecule has 0 aliphatic carbocycles. The Bertz CT molecular complexity index is 225. The van der Waals surface area contributed by atoms with Crippen LogP contribution in [0.3, 0.4) is 0 Å². The normalized spacial score (nSPS) is 16.0. The Hall–Kier alpha value is -0.115. The van der Waals surface area contributed by atoms with Gasteiger partial charge in [0.05, 0.1) is 14.5 Å². The van der Waals surface area contributed by atoms with E-state index in [2.05, 4.69) is 6.92 Å². The third kappa shape index (κ3) is 10.6. The molecule has 2 unspecified atom stereocenters. The molecule has 0 rings (SSSR count). The minimum atomic E-state index is -2.63. The molecule has 0 aromatic heterocycles. The number of alkyl halides is 2. The van der Waals surface area contributed by atoms with Crippen LogP contribution in [0.2, 0.25) is 5.82 Å². The number of halogens is 2. The number of methoxy groups -OCH3 is 1. The van der Waals surface area contributed by atoms with Gasteiger partial charge in [-0.2, -0.15) is 0 Å². The molecule has 0 N–H and O–H groups in total. The maximum absolute atomic E-state index is 13.6. The molecule has 0 aromatic carbocycles. The van der Waals surface area contributed by atoms with Gasteiger partial charge in [-0.05, 0) is 5.41 Å². The molecule has 0 spiro atoms. The quantitative estimate of drug-likeness (QED) is 0.473. The van der Waals surface area contributed by atoms with E-state index in [4.69, 9.17) is 12.6 Å². The van der Waals surface area contributed by atoms with E-state index in [9.17, 15) is 8.78 Å². The van der Waals surface area contributed by atoms with Crippen molar-refractivity contribution in [2.75, 3.05) is 13.7 Å². The van der Waals surface area contributed by atoms with Crippen LogP contribution in [0.25, 0.3) is 0 Å². The van der Waals surface area contributed by atoms with Crippen LogP contribution in [0.15, 0.2) is 0 Å². The molecule has 2 atom stereocenters. The van der Waals surface area contributed by atoms with Crippen molar-refractivity contribution < 1.29 is 13.5 Å². The molecule has 4 heteroatoms. The number of hydrogen-bond donors (Lipinski definition) is 0. The molecule has 0 saturated heterocycles. The molecule has 120 valence electrons. The molecule has 0 aliphatic heterocycles. The van der Waals surface area contributed by atoms with Gasteiger partial charge in [0.1, 0.15) is 0 Å². The Kier molecular flexibility index (Phi) is 12.8. The summed E-state index contributed by atoms with van der Waals surface area (Å²) in [5, 5.41) is 0. The lowest BCUT2D eigenvalue weighted by Crippen LogP contribution is -2.32. The Morgan fingerprint density at radius 1 is 1.20 bits per heavy atom.